The summed E-state index contributed by atoms with van der Waals surface area (Å²) in [6.07, 6.45) is -2.47. The first-order valence-electron chi connectivity index (χ1n) is 15.5. The minimum absolute atomic E-state index is 0.0551. The molecule has 1 aliphatic heterocycles. The lowest BCUT2D eigenvalue weighted by Gasteiger charge is -2.30. The number of hydrogen-bond donors (Lipinski definition) is 0. The third-order valence-corrected chi connectivity index (χ3v) is 9.01. The molecule has 6 aromatic rings. The highest BCUT2D eigenvalue weighted by atomic mass is 35.5. The fraction of sp³-hybridized carbons (Fsp3) is 0.222. The Morgan fingerprint density at radius 3 is 2.20 bits per heavy atom. The van der Waals surface area contributed by atoms with Gasteiger partial charge in [-0.25, -0.2) is 0 Å². The number of aromatic nitrogens is 4. The van der Waals surface area contributed by atoms with Gasteiger partial charge in [-0.15, -0.1) is 20.4 Å². The summed E-state index contributed by atoms with van der Waals surface area (Å²) in [5.41, 5.74) is 4.95. The van der Waals surface area contributed by atoms with Gasteiger partial charge in [-0.1, -0.05) is 71.7 Å². The van der Waals surface area contributed by atoms with Gasteiger partial charge in [0.25, 0.3) is 0 Å². The lowest BCUT2D eigenvalue weighted by atomic mass is 9.96. The van der Waals surface area contributed by atoms with E-state index in [2.05, 4.69) is 43.5 Å². The molecule has 0 unspecified atom stereocenters. The molecule has 8 nitrogen and oxygen atoms in total. The number of halogens is 5. The average molecular weight is 706 g/mol. The van der Waals surface area contributed by atoms with Crippen LogP contribution in [0.4, 0.5) is 18.9 Å². The molecule has 49 heavy (non-hydrogen) atoms. The molecule has 0 fully saturated rings. The Bertz CT molecular complexity index is 2110. The highest BCUT2D eigenvalue weighted by Crippen LogP contribution is 2.37. The zero-order valence-corrected chi connectivity index (χ0v) is 27.7. The van der Waals surface area contributed by atoms with Crippen molar-refractivity contribution in [2.45, 2.75) is 38.7 Å². The minimum atomic E-state index is -4.44. The summed E-state index contributed by atoms with van der Waals surface area (Å²) < 4.78 is 52.2. The molecule has 0 aliphatic carbocycles. The van der Waals surface area contributed by atoms with Gasteiger partial charge in [0.15, 0.2) is 0 Å². The van der Waals surface area contributed by atoms with Crippen molar-refractivity contribution >= 4 is 28.9 Å². The van der Waals surface area contributed by atoms with E-state index < -0.39 is 11.7 Å². The van der Waals surface area contributed by atoms with Crippen molar-refractivity contribution in [3.05, 3.63) is 123 Å². The summed E-state index contributed by atoms with van der Waals surface area (Å²) in [4.78, 5) is 3.92. The number of hydrogen-bond acceptors (Lipinski definition) is 8. The molecule has 0 spiro atoms. The topological polar surface area (TPSA) is 84.3 Å². The molecule has 13 heteroatoms. The largest absolute Gasteiger partial charge is 0.419 e. The van der Waals surface area contributed by atoms with Crippen LogP contribution in [0.25, 0.3) is 34.0 Å². The Balaban J connectivity index is 1.06. The number of rotatable bonds is 9. The first kappa shape index (κ1) is 32.8. The molecule has 0 N–H and O–H groups in total. The molecule has 4 aromatic carbocycles. The standard InChI is InChI=1S/C36H29Cl2F3N6O2/c1-46(19-25-7-2-4-10-28(25)36(39,40)41)20-32-42-45-35(48-32)27-15-14-23(17-30(27)38)24-13-12-22-8-6-16-47(31(22)18-24)21-33-43-44-34(49-33)26-9-3-5-11-29(26)37/h2-5,7,9-15,17-18H,6,8,16,19-21H2,1H3. The number of alkyl halides is 3. The van der Waals surface area contributed by atoms with Crippen LogP contribution in [0.1, 0.15) is 34.9 Å². The third-order valence-electron chi connectivity index (χ3n) is 8.37. The van der Waals surface area contributed by atoms with Crippen LogP contribution in [-0.4, -0.2) is 38.9 Å². The van der Waals surface area contributed by atoms with Crippen LogP contribution in [0, 0.1) is 0 Å². The zero-order valence-electron chi connectivity index (χ0n) is 26.2. The quantitative estimate of drug-likeness (QED) is 0.147. The van der Waals surface area contributed by atoms with Gasteiger partial charge in [-0.2, -0.15) is 13.2 Å². The van der Waals surface area contributed by atoms with E-state index >= 15 is 0 Å². The van der Waals surface area contributed by atoms with Gasteiger partial charge >= 0.3 is 6.18 Å². The Labute approximate surface area is 290 Å². The summed E-state index contributed by atoms with van der Waals surface area (Å²) >= 11 is 13.1. The maximum Gasteiger partial charge on any atom is 0.416 e. The zero-order chi connectivity index (χ0) is 34.1. The molecule has 250 valence electrons. The van der Waals surface area contributed by atoms with Gasteiger partial charge < -0.3 is 13.7 Å². The maximum absolute atomic E-state index is 13.4. The molecule has 0 saturated heterocycles. The van der Waals surface area contributed by atoms with Crippen molar-refractivity contribution in [2.24, 2.45) is 0 Å². The molecule has 0 amide bonds. The molecule has 7 rings (SSSR count). The van der Waals surface area contributed by atoms with Crippen molar-refractivity contribution in [1.82, 2.24) is 25.3 Å². The van der Waals surface area contributed by atoms with Gasteiger partial charge in [0.05, 0.1) is 39.8 Å². The monoisotopic (exact) mass is 704 g/mol. The molecule has 0 atom stereocenters. The molecule has 3 heterocycles. The SMILES string of the molecule is CN(Cc1nnc(-c2ccc(-c3ccc4c(c3)N(Cc3nnc(-c5ccccc5Cl)o3)CCC4)cc2Cl)o1)Cc1ccccc1C(F)(F)F. The van der Waals surface area contributed by atoms with E-state index in [-0.39, 0.29) is 30.4 Å². The van der Waals surface area contributed by atoms with E-state index in [1.807, 2.05) is 36.4 Å². The minimum Gasteiger partial charge on any atom is -0.419 e. The van der Waals surface area contributed by atoms with Gasteiger partial charge in [0.2, 0.25) is 23.6 Å². The van der Waals surface area contributed by atoms with Crippen molar-refractivity contribution < 1.29 is 22.0 Å². The van der Waals surface area contributed by atoms with Crippen LogP contribution in [0.15, 0.2) is 93.8 Å². The van der Waals surface area contributed by atoms with E-state index in [0.29, 0.717) is 39.5 Å². The van der Waals surface area contributed by atoms with Crippen LogP contribution in [0.5, 0.6) is 0 Å². The van der Waals surface area contributed by atoms with Crippen LogP contribution in [-0.2, 0) is 32.2 Å². The van der Waals surface area contributed by atoms with E-state index in [0.717, 1.165) is 42.3 Å². The van der Waals surface area contributed by atoms with Crippen LogP contribution >= 0.6 is 23.2 Å². The third kappa shape index (κ3) is 7.19. The van der Waals surface area contributed by atoms with E-state index in [4.69, 9.17) is 32.0 Å². The molecule has 1 aliphatic rings. The van der Waals surface area contributed by atoms with Gasteiger partial charge in [-0.3, -0.25) is 4.90 Å². The van der Waals surface area contributed by atoms with Crippen molar-refractivity contribution in [3.8, 4) is 34.0 Å². The highest BCUT2D eigenvalue weighted by Gasteiger charge is 2.33. The van der Waals surface area contributed by atoms with E-state index in [1.165, 1.54) is 17.7 Å². The molecular weight excluding hydrogens is 676 g/mol. The Hall–Kier alpha value is -4.71. The normalized spacial score (nSPS) is 13.2. The number of aryl methyl sites for hydroxylation is 1. The number of fused-ring (bicyclic) bond motifs is 1. The van der Waals surface area contributed by atoms with Crippen molar-refractivity contribution in [2.75, 3.05) is 18.5 Å². The molecule has 2 aromatic heterocycles. The Morgan fingerprint density at radius 1 is 0.755 bits per heavy atom. The van der Waals surface area contributed by atoms with Gasteiger partial charge in [0, 0.05) is 18.8 Å². The fourth-order valence-corrected chi connectivity index (χ4v) is 6.50. The summed E-state index contributed by atoms with van der Waals surface area (Å²) in [5.74, 6) is 1.37. The highest BCUT2D eigenvalue weighted by molar-refractivity contribution is 6.33. The second-order valence-electron chi connectivity index (χ2n) is 11.9. The summed E-state index contributed by atoms with van der Waals surface area (Å²) in [5, 5.41) is 17.7. The summed E-state index contributed by atoms with van der Waals surface area (Å²) in [6.45, 7) is 1.51. The summed E-state index contributed by atoms with van der Waals surface area (Å²) in [7, 11) is 1.69. The van der Waals surface area contributed by atoms with E-state index in [9.17, 15) is 13.2 Å². The van der Waals surface area contributed by atoms with Gasteiger partial charge in [-0.05, 0) is 78.5 Å². The predicted molar refractivity (Wildman–Crippen MR) is 181 cm³/mol. The number of benzene rings is 4. The van der Waals surface area contributed by atoms with Crippen LogP contribution in [0.3, 0.4) is 0 Å². The first-order chi connectivity index (χ1) is 23.6. The molecule has 0 bridgehead atoms. The average Bonchev–Trinajstić information content (AvgIpc) is 3.74. The second kappa shape index (κ2) is 13.7. The molecule has 0 radical (unpaired) electrons. The Morgan fingerprint density at radius 2 is 1.43 bits per heavy atom. The maximum atomic E-state index is 13.4. The molecular formula is C36H29Cl2F3N6O2. The fourth-order valence-electron chi connectivity index (χ4n) is 6.03. The van der Waals surface area contributed by atoms with E-state index in [1.54, 1.807) is 24.1 Å². The van der Waals surface area contributed by atoms with Crippen LogP contribution < -0.4 is 4.90 Å². The number of nitrogens with zero attached hydrogens (tertiary/aromatic N) is 6. The second-order valence-corrected chi connectivity index (χ2v) is 12.7. The van der Waals surface area contributed by atoms with Crippen LogP contribution in [0.2, 0.25) is 10.0 Å². The van der Waals surface area contributed by atoms with Gasteiger partial charge in [0.1, 0.15) is 0 Å². The summed E-state index contributed by atoms with van der Waals surface area (Å²) in [6, 6.07) is 24.8. The number of anilines is 1. The Kier molecular flexibility index (Phi) is 9.15. The lowest BCUT2D eigenvalue weighted by Crippen LogP contribution is -2.29. The molecule has 0 saturated carbocycles. The van der Waals surface area contributed by atoms with Crippen molar-refractivity contribution in [1.29, 1.82) is 0 Å². The smallest absolute Gasteiger partial charge is 0.416 e. The first-order valence-corrected chi connectivity index (χ1v) is 16.3. The predicted octanol–water partition coefficient (Wildman–Crippen LogP) is 9.36. The lowest BCUT2D eigenvalue weighted by molar-refractivity contribution is -0.138. The van der Waals surface area contributed by atoms with Crippen molar-refractivity contribution in [3.63, 3.8) is 0 Å².